The predicted molar refractivity (Wildman–Crippen MR) is 95.5 cm³/mol. The molecule has 0 aromatic carbocycles. The van der Waals surface area contributed by atoms with Gasteiger partial charge in [-0.15, -0.1) is 0 Å². The molecule has 26 heavy (non-hydrogen) atoms. The van der Waals surface area contributed by atoms with Crippen molar-refractivity contribution >= 4 is 15.9 Å². The minimum atomic E-state index is -3.72. The third-order valence-electron chi connectivity index (χ3n) is 4.96. The van der Waals surface area contributed by atoms with Crippen LogP contribution in [0.2, 0.25) is 0 Å². The first-order valence-corrected chi connectivity index (χ1v) is 10.6. The van der Waals surface area contributed by atoms with Crippen molar-refractivity contribution in [2.45, 2.75) is 68.7 Å². The summed E-state index contributed by atoms with van der Waals surface area (Å²) in [6.07, 6.45) is 4.90. The maximum atomic E-state index is 12.5. The van der Waals surface area contributed by atoms with Crippen molar-refractivity contribution < 1.29 is 22.7 Å². The highest BCUT2D eigenvalue weighted by molar-refractivity contribution is 7.89. The Hall–Kier alpha value is -1.42. The number of sulfonamides is 1. The van der Waals surface area contributed by atoms with Gasteiger partial charge in [0.05, 0.1) is 18.2 Å². The van der Waals surface area contributed by atoms with E-state index in [2.05, 4.69) is 15.0 Å². The molecular formula is C17H27N3O5S. The Balaban J connectivity index is 1.61. The van der Waals surface area contributed by atoms with Crippen LogP contribution < -0.4 is 10.0 Å². The number of aromatic nitrogens is 1. The average molecular weight is 385 g/mol. The molecule has 0 unspecified atom stereocenters. The summed E-state index contributed by atoms with van der Waals surface area (Å²) in [4.78, 5) is 15.1. The average Bonchev–Trinajstić information content (AvgIpc) is 3.36. The van der Waals surface area contributed by atoms with Crippen molar-refractivity contribution in [3.8, 4) is 0 Å². The lowest BCUT2D eigenvalue weighted by Crippen LogP contribution is -2.41. The first kappa shape index (κ1) is 19.3. The molecule has 146 valence electrons. The van der Waals surface area contributed by atoms with Crippen LogP contribution in [0.1, 0.15) is 50.0 Å². The van der Waals surface area contributed by atoms with Gasteiger partial charge in [-0.25, -0.2) is 13.1 Å². The first-order chi connectivity index (χ1) is 12.4. The molecule has 0 saturated carbocycles. The third kappa shape index (κ3) is 4.46. The summed E-state index contributed by atoms with van der Waals surface area (Å²) in [6.45, 7) is 5.05. The highest BCUT2D eigenvalue weighted by atomic mass is 32.2. The van der Waals surface area contributed by atoms with E-state index in [1.54, 1.807) is 6.92 Å². The summed E-state index contributed by atoms with van der Waals surface area (Å²) < 4.78 is 38.8. The maximum absolute atomic E-state index is 12.5. The van der Waals surface area contributed by atoms with E-state index in [0.717, 1.165) is 25.7 Å². The molecule has 0 bridgehead atoms. The number of H-pyrrole nitrogens is 1. The molecule has 2 aliphatic heterocycles. The van der Waals surface area contributed by atoms with E-state index in [1.807, 2.05) is 6.92 Å². The first-order valence-electron chi connectivity index (χ1n) is 9.11. The van der Waals surface area contributed by atoms with Crippen LogP contribution in [-0.2, 0) is 19.5 Å². The van der Waals surface area contributed by atoms with Crippen LogP contribution in [0, 0.1) is 0 Å². The fourth-order valence-corrected chi connectivity index (χ4v) is 4.69. The molecule has 3 N–H and O–H groups in total. The summed E-state index contributed by atoms with van der Waals surface area (Å²) in [5.41, 5.74) is 0.208. The Morgan fingerprint density at radius 3 is 2.35 bits per heavy atom. The second-order valence-corrected chi connectivity index (χ2v) is 8.74. The Bertz CT molecular complexity index is 721. The molecule has 8 nitrogen and oxygen atoms in total. The summed E-state index contributed by atoms with van der Waals surface area (Å²) in [6, 6.07) is 0.891. The van der Waals surface area contributed by atoms with Crippen LogP contribution >= 0.6 is 0 Å². The highest BCUT2D eigenvalue weighted by Gasteiger charge is 2.29. The molecule has 1 amide bonds. The SMILES string of the molecule is C[C@H](NC(=O)c1cc(S(=O)(=O)N[C@H](C)[C@@H]2CCCO2)c[nH]1)[C@@H]1CCCO1. The molecule has 0 aliphatic carbocycles. The Morgan fingerprint density at radius 1 is 1.15 bits per heavy atom. The van der Waals surface area contributed by atoms with Crippen molar-refractivity contribution in [3.63, 3.8) is 0 Å². The second kappa shape index (κ2) is 8.08. The normalized spacial score (nSPS) is 25.9. The van der Waals surface area contributed by atoms with E-state index in [9.17, 15) is 13.2 Å². The molecule has 3 heterocycles. The fraction of sp³-hybridized carbons (Fsp3) is 0.706. The van der Waals surface area contributed by atoms with Gasteiger partial charge in [-0.3, -0.25) is 4.79 Å². The highest BCUT2D eigenvalue weighted by Crippen LogP contribution is 2.19. The molecule has 9 heteroatoms. The molecule has 4 atom stereocenters. The zero-order chi connectivity index (χ0) is 18.7. The zero-order valence-electron chi connectivity index (χ0n) is 15.2. The number of hydrogen-bond acceptors (Lipinski definition) is 5. The minimum Gasteiger partial charge on any atom is -0.377 e. The third-order valence-corrected chi connectivity index (χ3v) is 6.49. The van der Waals surface area contributed by atoms with Gasteiger partial charge >= 0.3 is 0 Å². The van der Waals surface area contributed by atoms with Crippen LogP contribution in [0.3, 0.4) is 0 Å². The fourth-order valence-electron chi connectivity index (χ4n) is 3.42. The standard InChI is InChI=1S/C17H27N3O5S/c1-11(15-5-3-7-24-15)19-17(21)14-9-13(10-18-14)26(22,23)20-12(2)16-6-4-8-25-16/h9-12,15-16,18,20H,3-8H2,1-2H3,(H,19,21)/t11-,12+,15-,16-/m0/s1. The predicted octanol–water partition coefficient (Wildman–Crippen LogP) is 1.16. The summed E-state index contributed by atoms with van der Waals surface area (Å²) >= 11 is 0. The van der Waals surface area contributed by atoms with Gasteiger partial charge in [0, 0.05) is 25.5 Å². The summed E-state index contributed by atoms with van der Waals surface area (Å²) in [7, 11) is -3.72. The Kier molecular flexibility index (Phi) is 6.01. The van der Waals surface area contributed by atoms with E-state index in [4.69, 9.17) is 9.47 Å². The van der Waals surface area contributed by atoms with Gasteiger partial charge in [0.2, 0.25) is 10.0 Å². The molecule has 1 aromatic heterocycles. The number of carbonyl (C=O) groups excluding carboxylic acids is 1. The molecular weight excluding hydrogens is 358 g/mol. The van der Waals surface area contributed by atoms with Gasteiger partial charge in [-0.2, -0.15) is 0 Å². The molecule has 2 saturated heterocycles. The summed E-state index contributed by atoms with van der Waals surface area (Å²) in [5.74, 6) is -0.346. The number of carbonyl (C=O) groups is 1. The number of aromatic amines is 1. The van der Waals surface area contributed by atoms with Crippen LogP contribution in [0.15, 0.2) is 17.2 Å². The lowest BCUT2D eigenvalue weighted by atomic mass is 10.1. The van der Waals surface area contributed by atoms with E-state index in [1.165, 1.54) is 12.3 Å². The lowest BCUT2D eigenvalue weighted by molar-refractivity contribution is 0.0710. The smallest absolute Gasteiger partial charge is 0.268 e. The molecule has 0 spiro atoms. The number of hydrogen-bond donors (Lipinski definition) is 3. The lowest BCUT2D eigenvalue weighted by Gasteiger charge is -2.19. The largest absolute Gasteiger partial charge is 0.377 e. The number of ether oxygens (including phenoxy) is 2. The molecule has 2 aliphatic rings. The van der Waals surface area contributed by atoms with E-state index >= 15 is 0 Å². The van der Waals surface area contributed by atoms with Crippen molar-refractivity contribution in [2.24, 2.45) is 0 Å². The maximum Gasteiger partial charge on any atom is 0.268 e. The van der Waals surface area contributed by atoms with Gasteiger partial charge in [0.15, 0.2) is 0 Å². The van der Waals surface area contributed by atoms with Crippen molar-refractivity contribution in [3.05, 3.63) is 18.0 Å². The van der Waals surface area contributed by atoms with Crippen LogP contribution in [0.25, 0.3) is 0 Å². The van der Waals surface area contributed by atoms with E-state index in [-0.39, 0.29) is 40.8 Å². The van der Waals surface area contributed by atoms with Gasteiger partial charge in [0.1, 0.15) is 10.6 Å². The molecule has 1 aromatic rings. The number of amides is 1. The Morgan fingerprint density at radius 2 is 1.77 bits per heavy atom. The van der Waals surface area contributed by atoms with Crippen molar-refractivity contribution in [1.82, 2.24) is 15.0 Å². The van der Waals surface area contributed by atoms with Crippen LogP contribution in [0.5, 0.6) is 0 Å². The molecule has 2 fully saturated rings. The minimum absolute atomic E-state index is 0.00560. The van der Waals surface area contributed by atoms with Gasteiger partial charge in [-0.05, 0) is 45.6 Å². The van der Waals surface area contributed by atoms with Gasteiger partial charge < -0.3 is 19.8 Å². The quantitative estimate of drug-likeness (QED) is 0.652. The van der Waals surface area contributed by atoms with Crippen LogP contribution in [0.4, 0.5) is 0 Å². The van der Waals surface area contributed by atoms with Crippen LogP contribution in [-0.4, -0.2) is 56.8 Å². The second-order valence-electron chi connectivity index (χ2n) is 7.02. The van der Waals surface area contributed by atoms with E-state index < -0.39 is 10.0 Å². The van der Waals surface area contributed by atoms with Gasteiger partial charge in [0.25, 0.3) is 5.91 Å². The molecule has 3 rings (SSSR count). The topological polar surface area (TPSA) is 110 Å². The zero-order valence-corrected chi connectivity index (χ0v) is 16.0. The monoisotopic (exact) mass is 385 g/mol. The number of nitrogens with one attached hydrogen (secondary N) is 3. The summed E-state index contributed by atoms with van der Waals surface area (Å²) in [5, 5.41) is 2.86. The Labute approximate surface area is 154 Å². The van der Waals surface area contributed by atoms with E-state index in [0.29, 0.717) is 13.2 Å². The van der Waals surface area contributed by atoms with Crippen molar-refractivity contribution in [1.29, 1.82) is 0 Å². The molecule has 0 radical (unpaired) electrons. The van der Waals surface area contributed by atoms with Crippen molar-refractivity contribution in [2.75, 3.05) is 13.2 Å². The number of rotatable bonds is 7. The van der Waals surface area contributed by atoms with Gasteiger partial charge in [-0.1, -0.05) is 0 Å².